The number of nitrogens with two attached hydrogens (primary N) is 1. The highest BCUT2D eigenvalue weighted by Crippen LogP contribution is 2.48. The molecule has 0 saturated carbocycles. The van der Waals surface area contributed by atoms with Crippen LogP contribution in [0.2, 0.25) is 0 Å². The molecule has 0 amide bonds. The van der Waals surface area contributed by atoms with E-state index in [4.69, 9.17) is 5.73 Å². The lowest BCUT2D eigenvalue weighted by Crippen LogP contribution is -2.22. The van der Waals surface area contributed by atoms with Crippen LogP contribution in [0.3, 0.4) is 0 Å². The molecule has 2 aromatic rings. The Hall–Kier alpha value is -1.55. The molecule has 3 heterocycles. The summed E-state index contributed by atoms with van der Waals surface area (Å²) in [4.78, 5) is 14.4. The number of nitrogens with zero attached hydrogens (tertiary/aromatic N) is 1. The predicted molar refractivity (Wildman–Crippen MR) is 83.9 cm³/mol. The van der Waals surface area contributed by atoms with E-state index in [-0.39, 0.29) is 17.0 Å². The van der Waals surface area contributed by atoms with Gasteiger partial charge in [0, 0.05) is 4.88 Å². The lowest BCUT2D eigenvalue weighted by atomic mass is 9.92. The number of carbonyl (C=O) groups excluding carboxylic acids is 1. The molecule has 2 N–H and O–H groups in total. The number of nitriles is 1. The molecule has 100 valence electrons. The Balaban J connectivity index is 2.00. The maximum absolute atomic E-state index is 12.6. The molecule has 0 aromatic carbocycles. The fourth-order valence-electron chi connectivity index (χ4n) is 2.22. The quantitative estimate of drug-likeness (QED) is 0.878. The molecule has 1 aliphatic rings. The van der Waals surface area contributed by atoms with Crippen LogP contribution < -0.4 is 5.73 Å². The third kappa shape index (κ3) is 2.18. The van der Waals surface area contributed by atoms with Gasteiger partial charge in [0.1, 0.15) is 0 Å². The van der Waals surface area contributed by atoms with Gasteiger partial charge in [0.15, 0.2) is 5.78 Å². The van der Waals surface area contributed by atoms with Crippen molar-refractivity contribution in [1.82, 2.24) is 0 Å². The van der Waals surface area contributed by atoms with E-state index in [1.165, 1.54) is 23.1 Å². The Labute approximate surface area is 128 Å². The summed E-state index contributed by atoms with van der Waals surface area (Å²) in [5.74, 6) is -0.170. The summed E-state index contributed by atoms with van der Waals surface area (Å²) < 4.78 is 0. The molecule has 3 nitrogen and oxygen atoms in total. The molecule has 0 spiro atoms. The third-order valence-electron chi connectivity index (χ3n) is 3.13. The van der Waals surface area contributed by atoms with Crippen molar-refractivity contribution in [3.63, 3.8) is 0 Å². The van der Waals surface area contributed by atoms with Gasteiger partial charge in [-0.1, -0.05) is 23.9 Å². The second kappa shape index (κ2) is 5.44. The molecule has 20 heavy (non-hydrogen) atoms. The number of allylic oxidation sites excluding steroid dienone is 1. The smallest absolute Gasteiger partial charge is 0.187 e. The van der Waals surface area contributed by atoms with Gasteiger partial charge in [-0.2, -0.15) is 5.26 Å². The molecule has 3 rings (SSSR count). The first-order valence-corrected chi connectivity index (χ1v) is 8.53. The highest BCUT2D eigenvalue weighted by Gasteiger charge is 2.41. The van der Waals surface area contributed by atoms with E-state index < -0.39 is 0 Å². The van der Waals surface area contributed by atoms with Gasteiger partial charge in [0.05, 0.1) is 32.7 Å². The summed E-state index contributed by atoms with van der Waals surface area (Å²) in [6.45, 7) is 0. The van der Waals surface area contributed by atoms with Gasteiger partial charge in [0.2, 0.25) is 0 Å². The van der Waals surface area contributed by atoms with Crippen molar-refractivity contribution in [2.75, 3.05) is 0 Å². The van der Waals surface area contributed by atoms with Gasteiger partial charge in [0.25, 0.3) is 0 Å². The first-order valence-electron chi connectivity index (χ1n) is 5.90. The van der Waals surface area contributed by atoms with Crippen LogP contribution in [0.1, 0.15) is 20.5 Å². The highest BCUT2D eigenvalue weighted by atomic mass is 32.2. The average Bonchev–Trinajstić information content (AvgIpc) is 3.18. The molecule has 0 radical (unpaired) electrons. The van der Waals surface area contributed by atoms with Crippen molar-refractivity contribution in [2.24, 2.45) is 5.73 Å². The van der Waals surface area contributed by atoms with Gasteiger partial charge < -0.3 is 5.73 Å². The maximum Gasteiger partial charge on any atom is 0.187 e. The molecule has 0 fully saturated rings. The van der Waals surface area contributed by atoms with E-state index in [1.54, 1.807) is 11.3 Å². The lowest BCUT2D eigenvalue weighted by molar-refractivity contribution is 0.0989. The Bertz CT molecular complexity index is 695. The summed E-state index contributed by atoms with van der Waals surface area (Å²) >= 11 is 4.29. The first-order chi connectivity index (χ1) is 9.72. The van der Waals surface area contributed by atoms with Gasteiger partial charge >= 0.3 is 0 Å². The molecule has 0 aliphatic carbocycles. The zero-order valence-electron chi connectivity index (χ0n) is 10.3. The summed E-state index contributed by atoms with van der Waals surface area (Å²) in [5, 5.41) is 13.3. The van der Waals surface area contributed by atoms with Crippen molar-refractivity contribution in [1.29, 1.82) is 5.26 Å². The number of thioether (sulfide) groups is 1. The van der Waals surface area contributed by atoms with E-state index in [0.29, 0.717) is 10.6 Å². The summed E-state index contributed by atoms with van der Waals surface area (Å²) in [7, 11) is 0. The lowest BCUT2D eigenvalue weighted by Gasteiger charge is -2.16. The van der Waals surface area contributed by atoms with Gasteiger partial charge in [-0.3, -0.25) is 4.79 Å². The molecular formula is C14H10N2OS3. The zero-order valence-corrected chi connectivity index (χ0v) is 12.7. The van der Waals surface area contributed by atoms with Gasteiger partial charge in [-0.05, 0) is 22.9 Å². The first kappa shape index (κ1) is 13.4. The third-order valence-corrected chi connectivity index (χ3v) is 6.18. The number of hydrogen-bond donors (Lipinski definition) is 1. The fourth-order valence-corrected chi connectivity index (χ4v) is 5.18. The van der Waals surface area contributed by atoms with Crippen LogP contribution in [0.4, 0.5) is 0 Å². The van der Waals surface area contributed by atoms with E-state index in [0.717, 1.165) is 9.75 Å². The topological polar surface area (TPSA) is 66.9 Å². The summed E-state index contributed by atoms with van der Waals surface area (Å²) in [5.41, 5.74) is 6.46. The zero-order chi connectivity index (χ0) is 14.1. The second-order valence-electron chi connectivity index (χ2n) is 4.26. The second-order valence-corrected chi connectivity index (χ2v) is 7.37. The largest absolute Gasteiger partial charge is 0.393 e. The minimum Gasteiger partial charge on any atom is -0.393 e. The van der Waals surface area contributed by atoms with Crippen molar-refractivity contribution in [3.05, 3.63) is 55.4 Å². The SMILES string of the molecule is N#CC1=C(N)S[C@@H](C(=O)c2cccs2)[C@@H]1c1cccs1. The normalized spacial score (nSPS) is 21.9. The Morgan fingerprint density at radius 3 is 2.60 bits per heavy atom. The van der Waals surface area contributed by atoms with E-state index in [9.17, 15) is 10.1 Å². The number of rotatable bonds is 3. The predicted octanol–water partition coefficient (Wildman–Crippen LogP) is 3.59. The van der Waals surface area contributed by atoms with Crippen LogP contribution in [0.25, 0.3) is 0 Å². The van der Waals surface area contributed by atoms with Crippen molar-refractivity contribution >= 4 is 40.2 Å². The van der Waals surface area contributed by atoms with Crippen molar-refractivity contribution in [3.8, 4) is 6.07 Å². The number of Topliss-reactive ketones (excluding diaryl/α,β-unsaturated/α-hetero) is 1. The van der Waals surface area contributed by atoms with Crippen molar-refractivity contribution < 1.29 is 4.79 Å². The maximum atomic E-state index is 12.6. The van der Waals surface area contributed by atoms with Gasteiger partial charge in [-0.25, -0.2) is 0 Å². The number of thiophene rings is 2. The number of hydrogen-bond acceptors (Lipinski definition) is 6. The highest BCUT2D eigenvalue weighted by molar-refractivity contribution is 8.04. The monoisotopic (exact) mass is 318 g/mol. The van der Waals surface area contributed by atoms with Crippen LogP contribution >= 0.6 is 34.4 Å². The molecule has 0 saturated heterocycles. The average molecular weight is 318 g/mol. The standard InChI is InChI=1S/C14H10N2OS3/c15-7-8-11(9-3-1-5-18-9)13(20-14(8)16)12(17)10-4-2-6-19-10/h1-6,11,13H,16H2/t11-,13+/m0/s1. The molecule has 2 atom stereocenters. The minimum absolute atomic E-state index is 0.0524. The molecule has 6 heteroatoms. The van der Waals surface area contributed by atoms with Crippen LogP contribution in [0.15, 0.2) is 45.6 Å². The Morgan fingerprint density at radius 1 is 1.25 bits per heavy atom. The molecule has 0 unspecified atom stereocenters. The van der Waals surface area contributed by atoms with E-state index in [1.807, 2.05) is 35.0 Å². The van der Waals surface area contributed by atoms with Crippen molar-refractivity contribution in [2.45, 2.75) is 11.2 Å². The molecule has 2 aromatic heterocycles. The molecule has 0 bridgehead atoms. The summed E-state index contributed by atoms with van der Waals surface area (Å²) in [6, 6.07) is 9.74. The molecular weight excluding hydrogens is 308 g/mol. The van der Waals surface area contributed by atoms with Crippen LogP contribution in [0.5, 0.6) is 0 Å². The number of carbonyl (C=O) groups is 1. The molecule has 1 aliphatic heterocycles. The van der Waals surface area contributed by atoms with Gasteiger partial charge in [-0.15, -0.1) is 22.7 Å². The van der Waals surface area contributed by atoms with E-state index >= 15 is 0 Å². The van der Waals surface area contributed by atoms with E-state index in [2.05, 4.69) is 6.07 Å². The minimum atomic E-state index is -0.332. The Morgan fingerprint density at radius 2 is 2.00 bits per heavy atom. The Kier molecular flexibility index (Phi) is 3.66. The number of ketones is 1. The van der Waals surface area contributed by atoms with Crippen LogP contribution in [-0.2, 0) is 0 Å². The fraction of sp³-hybridized carbons (Fsp3) is 0.143. The van der Waals surface area contributed by atoms with Crippen LogP contribution in [0, 0.1) is 11.3 Å². The summed E-state index contributed by atoms with van der Waals surface area (Å²) in [6.07, 6.45) is 0. The van der Waals surface area contributed by atoms with Crippen LogP contribution in [-0.4, -0.2) is 11.0 Å².